The molecule has 28 heavy (non-hydrogen) atoms. The molecule has 1 amide bonds. The lowest BCUT2D eigenvalue weighted by Gasteiger charge is -2.13. The smallest absolute Gasteiger partial charge is 0.295 e. The number of rotatable bonds is 6. The topological polar surface area (TPSA) is 65.3 Å². The quantitative estimate of drug-likeness (QED) is 0.711. The number of anilines is 1. The highest BCUT2D eigenvalue weighted by atomic mass is 16.5. The molecule has 0 aliphatic heterocycles. The lowest BCUT2D eigenvalue weighted by atomic mass is 10.0. The van der Waals surface area contributed by atoms with Gasteiger partial charge in [-0.15, -0.1) is 0 Å². The first-order valence-electron chi connectivity index (χ1n) is 9.25. The van der Waals surface area contributed by atoms with E-state index >= 15 is 0 Å². The Hall–Kier alpha value is -3.28. The molecule has 0 saturated carbocycles. The van der Waals surface area contributed by atoms with E-state index in [-0.39, 0.29) is 29.7 Å². The summed E-state index contributed by atoms with van der Waals surface area (Å²) in [5, 5.41) is 2.71. The number of para-hydroxylation sites is 2. The van der Waals surface area contributed by atoms with Gasteiger partial charge in [0.1, 0.15) is 11.4 Å². The molecule has 1 heterocycles. The van der Waals surface area contributed by atoms with Crippen molar-refractivity contribution < 1.29 is 9.53 Å². The SMILES string of the molecule is Cc1c(NC(=O)COc2ccccc2C(C)C)c(=O)n(-c2ccccc2)n1C. The Bertz CT molecular complexity index is 1030. The van der Waals surface area contributed by atoms with Crippen LogP contribution in [0.4, 0.5) is 5.69 Å². The highest BCUT2D eigenvalue weighted by Crippen LogP contribution is 2.25. The molecule has 1 N–H and O–H groups in total. The van der Waals surface area contributed by atoms with Crippen molar-refractivity contribution in [1.29, 1.82) is 0 Å². The molecule has 0 fully saturated rings. The van der Waals surface area contributed by atoms with Crippen molar-refractivity contribution in [2.75, 3.05) is 11.9 Å². The van der Waals surface area contributed by atoms with E-state index in [1.165, 1.54) is 4.68 Å². The fraction of sp³-hybridized carbons (Fsp3) is 0.273. The number of nitrogens with zero attached hydrogens (tertiary/aromatic N) is 2. The van der Waals surface area contributed by atoms with Gasteiger partial charge in [0, 0.05) is 7.05 Å². The largest absolute Gasteiger partial charge is 0.483 e. The Morgan fingerprint density at radius 3 is 2.39 bits per heavy atom. The van der Waals surface area contributed by atoms with Crippen molar-refractivity contribution >= 4 is 11.6 Å². The highest BCUT2D eigenvalue weighted by molar-refractivity contribution is 5.92. The van der Waals surface area contributed by atoms with Crippen molar-refractivity contribution in [3.63, 3.8) is 0 Å². The molecule has 0 unspecified atom stereocenters. The fourth-order valence-corrected chi connectivity index (χ4v) is 3.12. The van der Waals surface area contributed by atoms with Crippen LogP contribution in [0.1, 0.15) is 31.0 Å². The number of carbonyl (C=O) groups excluding carboxylic acids is 1. The van der Waals surface area contributed by atoms with Crippen molar-refractivity contribution in [2.45, 2.75) is 26.7 Å². The second-order valence-electron chi connectivity index (χ2n) is 6.97. The number of ether oxygens (including phenoxy) is 1. The molecule has 3 aromatic rings. The van der Waals surface area contributed by atoms with Gasteiger partial charge in [-0.05, 0) is 36.6 Å². The minimum atomic E-state index is -0.371. The maximum atomic E-state index is 12.9. The number of carbonyl (C=O) groups is 1. The number of aromatic nitrogens is 2. The van der Waals surface area contributed by atoms with Gasteiger partial charge in [-0.25, -0.2) is 4.68 Å². The summed E-state index contributed by atoms with van der Waals surface area (Å²) in [6.45, 7) is 5.78. The van der Waals surface area contributed by atoms with E-state index in [1.54, 1.807) is 18.7 Å². The lowest BCUT2D eigenvalue weighted by molar-refractivity contribution is -0.118. The molecule has 3 rings (SSSR count). The first-order valence-corrected chi connectivity index (χ1v) is 9.25. The normalized spacial score (nSPS) is 10.9. The van der Waals surface area contributed by atoms with Crippen LogP contribution in [0.25, 0.3) is 5.69 Å². The predicted octanol–water partition coefficient (Wildman–Crippen LogP) is 3.63. The molecule has 6 nitrogen and oxygen atoms in total. The van der Waals surface area contributed by atoms with Gasteiger partial charge in [0.15, 0.2) is 6.61 Å². The van der Waals surface area contributed by atoms with Crippen LogP contribution in [0.15, 0.2) is 59.4 Å². The number of amides is 1. The second-order valence-corrected chi connectivity index (χ2v) is 6.97. The van der Waals surface area contributed by atoms with E-state index in [0.29, 0.717) is 11.4 Å². The second kappa shape index (κ2) is 8.17. The van der Waals surface area contributed by atoms with Crippen LogP contribution in [-0.4, -0.2) is 21.9 Å². The summed E-state index contributed by atoms with van der Waals surface area (Å²) in [6.07, 6.45) is 0. The molecule has 0 radical (unpaired) electrons. The molecule has 6 heteroatoms. The monoisotopic (exact) mass is 379 g/mol. The van der Waals surface area contributed by atoms with Gasteiger partial charge in [0.05, 0.1) is 11.4 Å². The number of hydrogen-bond acceptors (Lipinski definition) is 3. The van der Waals surface area contributed by atoms with Crippen LogP contribution in [0.3, 0.4) is 0 Å². The van der Waals surface area contributed by atoms with Gasteiger partial charge in [-0.2, -0.15) is 0 Å². The van der Waals surface area contributed by atoms with E-state index in [9.17, 15) is 9.59 Å². The van der Waals surface area contributed by atoms with Crippen LogP contribution >= 0.6 is 0 Å². The van der Waals surface area contributed by atoms with Gasteiger partial charge >= 0.3 is 0 Å². The summed E-state index contributed by atoms with van der Waals surface area (Å²) in [5.41, 5.74) is 2.43. The van der Waals surface area contributed by atoms with Crippen LogP contribution in [0.2, 0.25) is 0 Å². The third-order valence-electron chi connectivity index (χ3n) is 4.72. The van der Waals surface area contributed by atoms with Crippen LogP contribution < -0.4 is 15.6 Å². The Morgan fingerprint density at radius 2 is 1.71 bits per heavy atom. The zero-order valence-electron chi connectivity index (χ0n) is 16.6. The third kappa shape index (κ3) is 3.86. The summed E-state index contributed by atoms with van der Waals surface area (Å²) < 4.78 is 8.96. The first-order chi connectivity index (χ1) is 13.4. The number of benzene rings is 2. The Morgan fingerprint density at radius 1 is 1.07 bits per heavy atom. The van der Waals surface area contributed by atoms with Crippen molar-refractivity contribution in [3.05, 3.63) is 76.2 Å². The van der Waals surface area contributed by atoms with Crippen molar-refractivity contribution in [1.82, 2.24) is 9.36 Å². The summed E-state index contributed by atoms with van der Waals surface area (Å²) >= 11 is 0. The van der Waals surface area contributed by atoms with Crippen molar-refractivity contribution in [3.8, 4) is 11.4 Å². The third-order valence-corrected chi connectivity index (χ3v) is 4.72. The molecule has 0 atom stereocenters. The zero-order valence-corrected chi connectivity index (χ0v) is 16.6. The van der Waals surface area contributed by atoms with Gasteiger partial charge in [0.2, 0.25) is 0 Å². The maximum Gasteiger partial charge on any atom is 0.295 e. The molecule has 0 aliphatic rings. The molecule has 0 bridgehead atoms. The fourth-order valence-electron chi connectivity index (χ4n) is 3.12. The van der Waals surface area contributed by atoms with E-state index in [0.717, 1.165) is 11.3 Å². The van der Waals surface area contributed by atoms with Crippen LogP contribution in [-0.2, 0) is 11.8 Å². The molecule has 2 aromatic carbocycles. The van der Waals surface area contributed by atoms with E-state index in [2.05, 4.69) is 19.2 Å². The molecule has 0 spiro atoms. The Labute approximate surface area is 164 Å². The molecule has 146 valence electrons. The molecular weight excluding hydrogens is 354 g/mol. The minimum absolute atomic E-state index is 0.164. The van der Waals surface area contributed by atoms with Crippen LogP contribution in [0.5, 0.6) is 5.75 Å². The molecule has 1 aromatic heterocycles. The summed E-state index contributed by atoms with van der Waals surface area (Å²) in [7, 11) is 1.79. The summed E-state index contributed by atoms with van der Waals surface area (Å²) in [6, 6.07) is 17.0. The molecule has 0 aliphatic carbocycles. The maximum absolute atomic E-state index is 12.9. The Balaban J connectivity index is 1.78. The molecular formula is C22H25N3O3. The lowest BCUT2D eigenvalue weighted by Crippen LogP contribution is -2.26. The average molecular weight is 379 g/mol. The summed E-state index contributed by atoms with van der Waals surface area (Å²) in [5.74, 6) is 0.595. The average Bonchev–Trinajstić information content (AvgIpc) is 2.90. The standard InChI is InChI=1S/C22H25N3O3/c1-15(2)18-12-8-9-13-19(18)28-14-20(26)23-21-16(3)24(4)25(22(21)27)17-10-6-5-7-11-17/h5-13,15H,14H2,1-4H3,(H,23,26). The predicted molar refractivity (Wildman–Crippen MR) is 110 cm³/mol. The zero-order chi connectivity index (χ0) is 20.3. The van der Waals surface area contributed by atoms with Crippen LogP contribution in [0, 0.1) is 6.92 Å². The number of hydrogen-bond donors (Lipinski definition) is 1. The van der Waals surface area contributed by atoms with Crippen molar-refractivity contribution in [2.24, 2.45) is 7.05 Å². The van der Waals surface area contributed by atoms with E-state index in [4.69, 9.17) is 4.74 Å². The minimum Gasteiger partial charge on any atom is -0.483 e. The van der Waals surface area contributed by atoms with Gasteiger partial charge < -0.3 is 10.1 Å². The first kappa shape index (κ1) is 19.5. The van der Waals surface area contributed by atoms with Gasteiger partial charge in [-0.1, -0.05) is 50.2 Å². The van der Waals surface area contributed by atoms with E-state index < -0.39 is 0 Å². The Kier molecular flexibility index (Phi) is 5.68. The highest BCUT2D eigenvalue weighted by Gasteiger charge is 2.18. The number of nitrogens with one attached hydrogen (secondary N) is 1. The van der Waals surface area contributed by atoms with E-state index in [1.807, 2.05) is 54.6 Å². The van der Waals surface area contributed by atoms with Gasteiger partial charge in [-0.3, -0.25) is 14.3 Å². The summed E-state index contributed by atoms with van der Waals surface area (Å²) in [4.78, 5) is 25.3. The van der Waals surface area contributed by atoms with Gasteiger partial charge in [0.25, 0.3) is 11.5 Å². The molecule has 0 saturated heterocycles.